The summed E-state index contributed by atoms with van der Waals surface area (Å²) in [5, 5.41) is 2.87. The zero-order chi connectivity index (χ0) is 13.0. The Kier molecular flexibility index (Phi) is 7.25. The molecule has 0 aromatic heterocycles. The van der Waals surface area contributed by atoms with E-state index in [2.05, 4.69) is 5.32 Å². The third-order valence-electron chi connectivity index (χ3n) is 3.32. The van der Waals surface area contributed by atoms with Crippen LogP contribution in [0.4, 0.5) is 0 Å². The first-order valence-electron chi connectivity index (χ1n) is 6.23. The van der Waals surface area contributed by atoms with Crippen molar-refractivity contribution in [3.8, 4) is 0 Å². The molecule has 0 aromatic rings. The van der Waals surface area contributed by atoms with Gasteiger partial charge in [0.05, 0.1) is 5.92 Å². The lowest BCUT2D eigenvalue weighted by Gasteiger charge is -2.35. The highest BCUT2D eigenvalue weighted by Gasteiger charge is 2.28. The SMILES string of the molecule is CC(=O)NC1CCCN(C(=O)C(C)C(C)N)C1.Cl. The van der Waals surface area contributed by atoms with Crippen LogP contribution in [0.5, 0.6) is 0 Å². The average Bonchev–Trinajstić information content (AvgIpc) is 2.26. The summed E-state index contributed by atoms with van der Waals surface area (Å²) in [5.74, 6) is -0.106. The molecule has 0 bridgehead atoms. The van der Waals surface area contributed by atoms with E-state index in [9.17, 15) is 9.59 Å². The van der Waals surface area contributed by atoms with E-state index >= 15 is 0 Å². The molecule has 106 valence electrons. The van der Waals surface area contributed by atoms with Gasteiger partial charge in [0.1, 0.15) is 0 Å². The molecule has 6 heteroatoms. The number of nitrogens with one attached hydrogen (secondary N) is 1. The summed E-state index contributed by atoms with van der Waals surface area (Å²) >= 11 is 0. The summed E-state index contributed by atoms with van der Waals surface area (Å²) in [4.78, 5) is 24.9. The van der Waals surface area contributed by atoms with Crippen molar-refractivity contribution in [2.24, 2.45) is 11.7 Å². The largest absolute Gasteiger partial charge is 0.352 e. The summed E-state index contributed by atoms with van der Waals surface area (Å²) < 4.78 is 0. The lowest BCUT2D eigenvalue weighted by Crippen LogP contribution is -2.52. The minimum Gasteiger partial charge on any atom is -0.352 e. The zero-order valence-electron chi connectivity index (χ0n) is 11.3. The van der Waals surface area contributed by atoms with E-state index in [1.54, 1.807) is 0 Å². The van der Waals surface area contributed by atoms with Crippen molar-refractivity contribution < 1.29 is 9.59 Å². The Morgan fingerprint density at radius 2 is 2.00 bits per heavy atom. The monoisotopic (exact) mass is 277 g/mol. The van der Waals surface area contributed by atoms with E-state index < -0.39 is 0 Å². The van der Waals surface area contributed by atoms with Crippen molar-refractivity contribution in [1.29, 1.82) is 0 Å². The second kappa shape index (κ2) is 7.59. The number of likely N-dealkylation sites (tertiary alicyclic amines) is 1. The maximum absolute atomic E-state index is 12.1. The molecule has 1 aliphatic rings. The van der Waals surface area contributed by atoms with Gasteiger partial charge >= 0.3 is 0 Å². The molecule has 1 rings (SSSR count). The Hall–Kier alpha value is -0.810. The number of hydrogen-bond donors (Lipinski definition) is 2. The Morgan fingerprint density at radius 1 is 1.39 bits per heavy atom. The van der Waals surface area contributed by atoms with Crippen molar-refractivity contribution in [1.82, 2.24) is 10.2 Å². The molecule has 18 heavy (non-hydrogen) atoms. The summed E-state index contributed by atoms with van der Waals surface area (Å²) in [6.45, 7) is 6.58. The molecule has 5 nitrogen and oxygen atoms in total. The van der Waals surface area contributed by atoms with Gasteiger partial charge < -0.3 is 16.0 Å². The molecule has 0 saturated carbocycles. The van der Waals surface area contributed by atoms with Crippen molar-refractivity contribution in [2.75, 3.05) is 13.1 Å². The van der Waals surface area contributed by atoms with E-state index in [4.69, 9.17) is 5.73 Å². The van der Waals surface area contributed by atoms with Crippen molar-refractivity contribution in [2.45, 2.75) is 45.7 Å². The molecule has 0 aliphatic carbocycles. The molecule has 1 fully saturated rings. The standard InChI is InChI=1S/C12H23N3O2.ClH/c1-8(9(2)13)12(17)15-6-4-5-11(7-15)14-10(3)16;/h8-9,11H,4-7,13H2,1-3H3,(H,14,16);1H. The van der Waals surface area contributed by atoms with E-state index in [1.165, 1.54) is 6.92 Å². The van der Waals surface area contributed by atoms with Gasteiger partial charge in [-0.15, -0.1) is 12.4 Å². The van der Waals surface area contributed by atoms with Gasteiger partial charge in [-0.25, -0.2) is 0 Å². The molecule has 1 aliphatic heterocycles. The number of carbonyl (C=O) groups excluding carboxylic acids is 2. The molecule has 0 spiro atoms. The van der Waals surface area contributed by atoms with Gasteiger partial charge in [-0.05, 0) is 19.8 Å². The molecule has 1 heterocycles. The highest BCUT2D eigenvalue weighted by atomic mass is 35.5. The van der Waals surface area contributed by atoms with Gasteiger partial charge in [0, 0.05) is 32.1 Å². The van der Waals surface area contributed by atoms with Crippen LogP contribution in [0.3, 0.4) is 0 Å². The fraction of sp³-hybridized carbons (Fsp3) is 0.833. The quantitative estimate of drug-likeness (QED) is 0.790. The Balaban J connectivity index is 0.00000289. The van der Waals surface area contributed by atoms with Crippen LogP contribution in [0.2, 0.25) is 0 Å². The van der Waals surface area contributed by atoms with E-state index in [0.29, 0.717) is 6.54 Å². The third kappa shape index (κ3) is 4.82. The molecular weight excluding hydrogens is 254 g/mol. The molecule has 0 radical (unpaired) electrons. The van der Waals surface area contributed by atoms with E-state index in [0.717, 1.165) is 19.4 Å². The van der Waals surface area contributed by atoms with Crippen LogP contribution in [0.15, 0.2) is 0 Å². The number of piperidine rings is 1. The molecule has 3 atom stereocenters. The normalized spacial score (nSPS) is 22.7. The summed E-state index contributed by atoms with van der Waals surface area (Å²) in [6, 6.07) is -0.0471. The fourth-order valence-electron chi connectivity index (χ4n) is 2.10. The maximum atomic E-state index is 12.1. The lowest BCUT2D eigenvalue weighted by atomic mass is 9.99. The highest BCUT2D eigenvalue weighted by Crippen LogP contribution is 2.14. The van der Waals surface area contributed by atoms with Gasteiger partial charge in [-0.1, -0.05) is 6.92 Å². The van der Waals surface area contributed by atoms with Crippen LogP contribution in [-0.4, -0.2) is 41.9 Å². The minimum absolute atomic E-state index is 0. The van der Waals surface area contributed by atoms with Gasteiger partial charge in [-0.3, -0.25) is 9.59 Å². The predicted octanol–water partition coefficient (Wildman–Crippen LogP) is 0.519. The van der Waals surface area contributed by atoms with Crippen molar-refractivity contribution in [3.63, 3.8) is 0 Å². The Labute approximate surface area is 115 Å². The second-order valence-electron chi connectivity index (χ2n) is 4.97. The van der Waals surface area contributed by atoms with Crippen LogP contribution in [-0.2, 0) is 9.59 Å². The lowest BCUT2D eigenvalue weighted by molar-refractivity contribution is -0.137. The van der Waals surface area contributed by atoms with Crippen molar-refractivity contribution >= 4 is 24.2 Å². The highest BCUT2D eigenvalue weighted by molar-refractivity contribution is 5.85. The molecule has 2 amide bonds. The molecular formula is C12H24ClN3O2. The first-order chi connectivity index (χ1) is 7.91. The van der Waals surface area contributed by atoms with Crippen LogP contribution >= 0.6 is 12.4 Å². The van der Waals surface area contributed by atoms with Gasteiger partial charge in [0.25, 0.3) is 0 Å². The maximum Gasteiger partial charge on any atom is 0.227 e. The number of rotatable bonds is 3. The Bertz CT molecular complexity index is 297. The van der Waals surface area contributed by atoms with Crippen molar-refractivity contribution in [3.05, 3.63) is 0 Å². The van der Waals surface area contributed by atoms with Crippen LogP contribution in [0, 0.1) is 5.92 Å². The van der Waals surface area contributed by atoms with E-state index in [-0.39, 0.29) is 42.2 Å². The third-order valence-corrected chi connectivity index (χ3v) is 3.32. The smallest absolute Gasteiger partial charge is 0.227 e. The summed E-state index contributed by atoms with van der Waals surface area (Å²) in [6.07, 6.45) is 1.87. The summed E-state index contributed by atoms with van der Waals surface area (Å²) in [5.41, 5.74) is 5.74. The topological polar surface area (TPSA) is 75.4 Å². The average molecular weight is 278 g/mol. The molecule has 0 aromatic carbocycles. The van der Waals surface area contributed by atoms with Crippen LogP contribution in [0.25, 0.3) is 0 Å². The zero-order valence-corrected chi connectivity index (χ0v) is 12.1. The van der Waals surface area contributed by atoms with E-state index in [1.807, 2.05) is 18.7 Å². The minimum atomic E-state index is -0.161. The van der Waals surface area contributed by atoms with Gasteiger partial charge in [0.2, 0.25) is 11.8 Å². The number of carbonyl (C=O) groups is 2. The number of halogens is 1. The fourth-order valence-corrected chi connectivity index (χ4v) is 2.10. The number of nitrogens with two attached hydrogens (primary N) is 1. The number of hydrogen-bond acceptors (Lipinski definition) is 3. The summed E-state index contributed by atoms with van der Waals surface area (Å²) in [7, 11) is 0. The van der Waals surface area contributed by atoms with Crippen LogP contribution < -0.4 is 11.1 Å². The van der Waals surface area contributed by atoms with Gasteiger partial charge in [-0.2, -0.15) is 0 Å². The Morgan fingerprint density at radius 3 is 2.50 bits per heavy atom. The number of amides is 2. The molecule has 3 unspecified atom stereocenters. The second-order valence-corrected chi connectivity index (χ2v) is 4.97. The number of nitrogens with zero attached hydrogens (tertiary/aromatic N) is 1. The predicted molar refractivity (Wildman–Crippen MR) is 73.5 cm³/mol. The first-order valence-corrected chi connectivity index (χ1v) is 6.23. The molecule has 3 N–H and O–H groups in total. The molecule has 1 saturated heterocycles. The van der Waals surface area contributed by atoms with Crippen LogP contribution in [0.1, 0.15) is 33.6 Å². The van der Waals surface area contributed by atoms with Gasteiger partial charge in [0.15, 0.2) is 0 Å². The first kappa shape index (κ1) is 17.2.